The van der Waals surface area contributed by atoms with Crippen molar-refractivity contribution in [3.63, 3.8) is 0 Å². The van der Waals surface area contributed by atoms with Crippen LogP contribution in [0.3, 0.4) is 0 Å². The van der Waals surface area contributed by atoms with Crippen LogP contribution in [0.4, 0.5) is 8.78 Å². The van der Waals surface area contributed by atoms with E-state index >= 15 is 0 Å². The highest BCUT2D eigenvalue weighted by molar-refractivity contribution is 5.22. The van der Waals surface area contributed by atoms with E-state index in [1.807, 2.05) is 27.7 Å². The normalized spacial score (nSPS) is 12.7. The first kappa shape index (κ1) is 15.6. The number of benzene rings is 1. The van der Waals surface area contributed by atoms with Gasteiger partial charge in [0.15, 0.2) is 5.82 Å². The van der Waals surface area contributed by atoms with Crippen molar-refractivity contribution < 1.29 is 13.3 Å². The summed E-state index contributed by atoms with van der Waals surface area (Å²) in [6.45, 7) is 7.55. The van der Waals surface area contributed by atoms with Crippen LogP contribution in [0.2, 0.25) is 0 Å². The van der Waals surface area contributed by atoms with Crippen molar-refractivity contribution in [2.45, 2.75) is 45.1 Å². The molecule has 0 bridgehead atoms. The molecule has 0 fully saturated rings. The van der Waals surface area contributed by atoms with Crippen LogP contribution in [0.1, 0.15) is 45.0 Å². The standard InChI is InChI=1S/C15H19F2N3O/c1-14(2,15(3,4)18)13-19-12(20-21-13)7-9-5-6-10(16)8-11(9)17/h5-6,8H,7,18H2,1-4H3. The molecule has 114 valence electrons. The molecular weight excluding hydrogens is 276 g/mol. The Morgan fingerprint density at radius 2 is 1.86 bits per heavy atom. The number of rotatable bonds is 4. The zero-order valence-corrected chi connectivity index (χ0v) is 12.6. The highest BCUT2D eigenvalue weighted by atomic mass is 19.1. The summed E-state index contributed by atoms with van der Waals surface area (Å²) < 4.78 is 31.7. The van der Waals surface area contributed by atoms with Crippen LogP contribution in [0.5, 0.6) is 0 Å². The molecule has 0 aliphatic heterocycles. The summed E-state index contributed by atoms with van der Waals surface area (Å²) in [5, 5.41) is 3.85. The van der Waals surface area contributed by atoms with Crippen LogP contribution < -0.4 is 5.73 Å². The molecule has 0 saturated carbocycles. The van der Waals surface area contributed by atoms with Crippen molar-refractivity contribution in [2.75, 3.05) is 0 Å². The zero-order chi connectivity index (χ0) is 15.8. The summed E-state index contributed by atoms with van der Waals surface area (Å²) in [4.78, 5) is 4.29. The first-order valence-corrected chi connectivity index (χ1v) is 6.67. The average Bonchev–Trinajstić information content (AvgIpc) is 2.80. The minimum absolute atomic E-state index is 0.136. The van der Waals surface area contributed by atoms with E-state index in [0.717, 1.165) is 6.07 Å². The molecule has 1 heterocycles. The van der Waals surface area contributed by atoms with E-state index in [4.69, 9.17) is 10.3 Å². The van der Waals surface area contributed by atoms with Gasteiger partial charge in [-0.15, -0.1) is 0 Å². The highest BCUT2D eigenvalue weighted by Crippen LogP contribution is 2.31. The topological polar surface area (TPSA) is 64.9 Å². The molecule has 0 aliphatic carbocycles. The van der Waals surface area contributed by atoms with Gasteiger partial charge in [0.25, 0.3) is 0 Å². The first-order chi connectivity index (χ1) is 9.61. The van der Waals surface area contributed by atoms with Crippen LogP contribution >= 0.6 is 0 Å². The third-order valence-electron chi connectivity index (χ3n) is 3.98. The molecule has 0 saturated heterocycles. The molecule has 4 nitrogen and oxygen atoms in total. The molecule has 0 atom stereocenters. The fraction of sp³-hybridized carbons (Fsp3) is 0.467. The van der Waals surface area contributed by atoms with Gasteiger partial charge in [0.05, 0.1) is 5.41 Å². The van der Waals surface area contributed by atoms with Gasteiger partial charge >= 0.3 is 0 Å². The van der Waals surface area contributed by atoms with Gasteiger partial charge < -0.3 is 10.3 Å². The van der Waals surface area contributed by atoms with E-state index < -0.39 is 22.6 Å². The maximum Gasteiger partial charge on any atom is 0.234 e. The summed E-state index contributed by atoms with van der Waals surface area (Å²) in [5.41, 5.74) is 5.35. The van der Waals surface area contributed by atoms with Gasteiger partial charge in [-0.2, -0.15) is 4.98 Å². The second kappa shape index (κ2) is 5.18. The van der Waals surface area contributed by atoms with Crippen LogP contribution in [0.15, 0.2) is 22.7 Å². The Bertz CT molecular complexity index is 645. The maximum absolute atomic E-state index is 13.6. The van der Waals surface area contributed by atoms with E-state index in [9.17, 15) is 8.78 Å². The molecule has 0 amide bonds. The number of halogens is 2. The average molecular weight is 295 g/mol. The van der Waals surface area contributed by atoms with E-state index in [2.05, 4.69) is 10.1 Å². The largest absolute Gasteiger partial charge is 0.339 e. The summed E-state index contributed by atoms with van der Waals surface area (Å²) in [5.74, 6) is -0.504. The summed E-state index contributed by atoms with van der Waals surface area (Å²) in [7, 11) is 0. The lowest BCUT2D eigenvalue weighted by molar-refractivity contribution is 0.222. The molecule has 1 aromatic carbocycles. The Morgan fingerprint density at radius 1 is 1.19 bits per heavy atom. The fourth-order valence-corrected chi connectivity index (χ4v) is 1.69. The summed E-state index contributed by atoms with van der Waals surface area (Å²) in [6.07, 6.45) is 0.136. The maximum atomic E-state index is 13.6. The molecule has 2 N–H and O–H groups in total. The Balaban J connectivity index is 2.25. The summed E-state index contributed by atoms with van der Waals surface area (Å²) >= 11 is 0. The Kier molecular flexibility index (Phi) is 3.84. The minimum Gasteiger partial charge on any atom is -0.339 e. The number of nitrogens with zero attached hydrogens (tertiary/aromatic N) is 2. The zero-order valence-electron chi connectivity index (χ0n) is 12.6. The lowest BCUT2D eigenvalue weighted by Crippen LogP contribution is -2.50. The molecule has 6 heteroatoms. The van der Waals surface area contributed by atoms with Gasteiger partial charge in [-0.25, -0.2) is 8.78 Å². The molecule has 0 unspecified atom stereocenters. The molecule has 1 aromatic heterocycles. The van der Waals surface area contributed by atoms with E-state index in [0.29, 0.717) is 17.3 Å². The molecule has 2 rings (SSSR count). The molecule has 2 aromatic rings. The Morgan fingerprint density at radius 3 is 2.43 bits per heavy atom. The third kappa shape index (κ3) is 3.10. The van der Waals surface area contributed by atoms with Gasteiger partial charge in [-0.1, -0.05) is 11.2 Å². The van der Waals surface area contributed by atoms with Crippen molar-refractivity contribution in [1.29, 1.82) is 0 Å². The number of hydrogen-bond acceptors (Lipinski definition) is 4. The fourth-order valence-electron chi connectivity index (χ4n) is 1.69. The minimum atomic E-state index is -0.625. The second-order valence-corrected chi connectivity index (χ2v) is 6.27. The Hall–Kier alpha value is -1.82. The molecule has 0 radical (unpaired) electrons. The van der Waals surface area contributed by atoms with Crippen LogP contribution in [0, 0.1) is 11.6 Å². The van der Waals surface area contributed by atoms with E-state index in [-0.39, 0.29) is 6.42 Å². The van der Waals surface area contributed by atoms with Crippen molar-refractivity contribution in [2.24, 2.45) is 5.73 Å². The van der Waals surface area contributed by atoms with Gasteiger partial charge in [-0.05, 0) is 39.3 Å². The number of aromatic nitrogens is 2. The quantitative estimate of drug-likeness (QED) is 0.942. The van der Waals surface area contributed by atoms with Crippen molar-refractivity contribution in [3.05, 3.63) is 47.1 Å². The Labute approximate surface area is 122 Å². The van der Waals surface area contributed by atoms with Crippen LogP contribution in [-0.2, 0) is 11.8 Å². The first-order valence-electron chi connectivity index (χ1n) is 6.67. The van der Waals surface area contributed by atoms with Crippen LogP contribution in [0.25, 0.3) is 0 Å². The van der Waals surface area contributed by atoms with Gasteiger partial charge in [0.1, 0.15) is 11.6 Å². The van der Waals surface area contributed by atoms with E-state index in [1.54, 1.807) is 0 Å². The van der Waals surface area contributed by atoms with Crippen molar-refractivity contribution in [3.8, 4) is 0 Å². The SMILES string of the molecule is CC(C)(N)C(C)(C)c1nc(Cc2ccc(F)cc2F)no1. The predicted molar refractivity (Wildman–Crippen MR) is 74.8 cm³/mol. The van der Waals surface area contributed by atoms with Gasteiger partial charge in [0.2, 0.25) is 5.89 Å². The smallest absolute Gasteiger partial charge is 0.234 e. The van der Waals surface area contributed by atoms with Gasteiger partial charge in [0, 0.05) is 18.0 Å². The lowest BCUT2D eigenvalue weighted by atomic mass is 9.75. The second-order valence-electron chi connectivity index (χ2n) is 6.27. The highest BCUT2D eigenvalue weighted by Gasteiger charge is 2.40. The van der Waals surface area contributed by atoms with Crippen molar-refractivity contribution >= 4 is 0 Å². The molecule has 0 aliphatic rings. The third-order valence-corrected chi connectivity index (χ3v) is 3.98. The van der Waals surface area contributed by atoms with Crippen LogP contribution in [-0.4, -0.2) is 15.7 Å². The molecular formula is C15H19F2N3O. The number of nitrogens with two attached hydrogens (primary N) is 1. The number of hydrogen-bond donors (Lipinski definition) is 1. The van der Waals surface area contributed by atoms with Crippen molar-refractivity contribution in [1.82, 2.24) is 10.1 Å². The van der Waals surface area contributed by atoms with E-state index in [1.165, 1.54) is 12.1 Å². The predicted octanol–water partition coefficient (Wildman–Crippen LogP) is 2.95. The summed E-state index contributed by atoms with van der Waals surface area (Å²) in [6, 6.07) is 3.41. The monoisotopic (exact) mass is 295 g/mol. The van der Waals surface area contributed by atoms with Gasteiger partial charge in [-0.3, -0.25) is 0 Å². The molecule has 0 spiro atoms. The molecule has 21 heavy (non-hydrogen) atoms. The lowest BCUT2D eigenvalue weighted by Gasteiger charge is -2.34.